The number of ether oxygens (including phenoxy) is 1. The number of aliphatic imine (C=N–C) groups is 1. The van der Waals surface area contributed by atoms with Gasteiger partial charge in [-0.25, -0.2) is 19.3 Å². The van der Waals surface area contributed by atoms with E-state index < -0.39 is 24.4 Å². The van der Waals surface area contributed by atoms with Crippen molar-refractivity contribution < 1.29 is 24.2 Å². The minimum atomic E-state index is -1.12. The van der Waals surface area contributed by atoms with Gasteiger partial charge >= 0.3 is 11.9 Å². The monoisotopic (exact) mass is 425 g/mol. The van der Waals surface area contributed by atoms with Crippen molar-refractivity contribution in [3.63, 3.8) is 0 Å². The molecule has 2 heterocycles. The lowest BCUT2D eigenvalue weighted by molar-refractivity contribution is -0.143. The zero-order chi connectivity index (χ0) is 22.5. The number of nitrogens with two attached hydrogens (primary N) is 2. The lowest BCUT2D eigenvalue weighted by Gasteiger charge is -2.15. The van der Waals surface area contributed by atoms with E-state index in [4.69, 9.17) is 21.3 Å². The molecule has 0 radical (unpaired) electrons. The van der Waals surface area contributed by atoms with Gasteiger partial charge < -0.3 is 26.2 Å². The molecule has 0 fully saturated rings. The number of carbonyl (C=O) groups is 3. The Morgan fingerprint density at radius 1 is 1.16 bits per heavy atom. The topological polar surface area (TPSA) is 178 Å². The maximum atomic E-state index is 12.5. The van der Waals surface area contributed by atoms with Crippen LogP contribution >= 0.6 is 0 Å². The van der Waals surface area contributed by atoms with Crippen molar-refractivity contribution in [2.75, 3.05) is 13.6 Å². The Kier molecular flexibility index (Phi) is 6.10. The summed E-state index contributed by atoms with van der Waals surface area (Å²) in [4.78, 5) is 44.6. The van der Waals surface area contributed by atoms with E-state index >= 15 is 0 Å². The molecule has 160 valence electrons. The third kappa shape index (κ3) is 5.12. The fourth-order valence-electron chi connectivity index (χ4n) is 2.71. The highest BCUT2D eigenvalue weighted by atomic mass is 16.5. The zero-order valence-electron chi connectivity index (χ0n) is 16.4. The van der Waals surface area contributed by atoms with Gasteiger partial charge in [0, 0.05) is 7.05 Å². The molecule has 31 heavy (non-hydrogen) atoms. The third-order valence-electron chi connectivity index (χ3n) is 4.16. The molecule has 0 aliphatic carbocycles. The summed E-state index contributed by atoms with van der Waals surface area (Å²) in [7, 11) is 1.39. The molecule has 1 amide bonds. The molecular weight excluding hydrogens is 406 g/mol. The molecule has 0 saturated carbocycles. The molecule has 0 saturated heterocycles. The number of aliphatic carboxylic acids is 1. The average Bonchev–Trinajstić information content (AvgIpc) is 3.20. The summed E-state index contributed by atoms with van der Waals surface area (Å²) in [6, 6.07) is 9.19. The van der Waals surface area contributed by atoms with E-state index in [0.29, 0.717) is 11.4 Å². The van der Waals surface area contributed by atoms with Crippen LogP contribution in [0.3, 0.4) is 0 Å². The number of guanidine groups is 1. The SMILES string of the molecule is CN(CC(=O)O)C(=O)Cc1ccc(OC(=O)c2ccc(N=C(N)N)cc2)c2ncnn12. The van der Waals surface area contributed by atoms with Crippen molar-refractivity contribution in [2.24, 2.45) is 16.5 Å². The van der Waals surface area contributed by atoms with Crippen LogP contribution in [0.15, 0.2) is 47.7 Å². The van der Waals surface area contributed by atoms with Crippen molar-refractivity contribution in [1.82, 2.24) is 19.5 Å². The molecule has 3 aromatic rings. The Hall–Kier alpha value is -4.48. The number of carboxylic acid groups (broad SMARTS) is 1. The molecule has 12 nitrogen and oxygen atoms in total. The Labute approximate surface area is 175 Å². The molecule has 12 heteroatoms. The second kappa shape index (κ2) is 8.90. The number of likely N-dealkylation sites (N-methyl/N-ethyl adjacent to an activating group) is 1. The summed E-state index contributed by atoms with van der Waals surface area (Å²) in [5.74, 6) is -2.12. The van der Waals surface area contributed by atoms with Crippen LogP contribution in [0.1, 0.15) is 16.1 Å². The molecular formula is C19H19N7O5. The van der Waals surface area contributed by atoms with Gasteiger partial charge in [0.25, 0.3) is 0 Å². The largest absolute Gasteiger partial charge is 0.480 e. The van der Waals surface area contributed by atoms with E-state index in [1.54, 1.807) is 18.2 Å². The number of carboxylic acids is 1. The first-order valence-electron chi connectivity index (χ1n) is 8.94. The third-order valence-corrected chi connectivity index (χ3v) is 4.16. The molecule has 3 rings (SSSR count). The lowest BCUT2D eigenvalue weighted by Crippen LogP contribution is -2.33. The molecule has 1 aromatic carbocycles. The van der Waals surface area contributed by atoms with Gasteiger partial charge in [0.05, 0.1) is 23.4 Å². The van der Waals surface area contributed by atoms with Gasteiger partial charge in [-0.05, 0) is 36.4 Å². The van der Waals surface area contributed by atoms with Gasteiger partial charge in [-0.3, -0.25) is 9.59 Å². The highest BCUT2D eigenvalue weighted by Crippen LogP contribution is 2.22. The molecule has 0 aliphatic heterocycles. The van der Waals surface area contributed by atoms with Crippen LogP contribution in [0.5, 0.6) is 5.75 Å². The summed E-state index contributed by atoms with van der Waals surface area (Å²) in [6.07, 6.45) is 1.15. The molecule has 0 unspecified atom stereocenters. The summed E-state index contributed by atoms with van der Waals surface area (Å²) in [5.41, 5.74) is 12.1. The fraction of sp³-hybridized carbons (Fsp3) is 0.158. The standard InChI is InChI=1S/C19H19N7O5/c1-25(9-16(28)29)15(27)8-13-6-7-14(17-22-10-23-26(13)17)31-18(30)11-2-4-12(5-3-11)24-19(20)21/h2-7,10H,8-9H2,1H3,(H,28,29)(H4,20,21,24). The summed E-state index contributed by atoms with van der Waals surface area (Å²) >= 11 is 0. The zero-order valence-corrected chi connectivity index (χ0v) is 16.4. The van der Waals surface area contributed by atoms with Crippen LogP contribution in [0, 0.1) is 0 Å². The van der Waals surface area contributed by atoms with Gasteiger partial charge in [-0.15, -0.1) is 0 Å². The quantitative estimate of drug-likeness (QED) is 0.265. The van der Waals surface area contributed by atoms with Crippen LogP contribution in [0.4, 0.5) is 5.69 Å². The number of amides is 1. The van der Waals surface area contributed by atoms with E-state index in [0.717, 1.165) is 4.90 Å². The maximum Gasteiger partial charge on any atom is 0.343 e. The number of fused-ring (bicyclic) bond motifs is 1. The van der Waals surface area contributed by atoms with E-state index in [9.17, 15) is 14.4 Å². The summed E-state index contributed by atoms with van der Waals surface area (Å²) < 4.78 is 6.79. The highest BCUT2D eigenvalue weighted by Gasteiger charge is 2.18. The van der Waals surface area contributed by atoms with E-state index in [1.165, 1.54) is 36.1 Å². The molecule has 0 atom stereocenters. The maximum absolute atomic E-state index is 12.5. The number of nitrogens with zero attached hydrogens (tertiary/aromatic N) is 5. The predicted molar refractivity (Wildman–Crippen MR) is 109 cm³/mol. The number of esters is 1. The van der Waals surface area contributed by atoms with Crippen LogP contribution in [-0.4, -0.2) is 62.0 Å². The number of hydrogen-bond donors (Lipinski definition) is 3. The van der Waals surface area contributed by atoms with Crippen molar-refractivity contribution >= 4 is 35.1 Å². The van der Waals surface area contributed by atoms with Crippen LogP contribution in [-0.2, 0) is 16.0 Å². The molecule has 0 spiro atoms. The van der Waals surface area contributed by atoms with Crippen molar-refractivity contribution in [3.8, 4) is 5.75 Å². The number of aromatic nitrogens is 3. The number of hydrogen-bond acceptors (Lipinski definition) is 7. The van der Waals surface area contributed by atoms with Crippen molar-refractivity contribution in [2.45, 2.75) is 6.42 Å². The summed E-state index contributed by atoms with van der Waals surface area (Å²) in [6.45, 7) is -0.420. The molecule has 0 bridgehead atoms. The number of benzene rings is 1. The Morgan fingerprint density at radius 3 is 2.52 bits per heavy atom. The van der Waals surface area contributed by atoms with E-state index in [2.05, 4.69) is 15.1 Å². The van der Waals surface area contributed by atoms with E-state index in [1.807, 2.05) is 0 Å². The summed E-state index contributed by atoms with van der Waals surface area (Å²) in [5, 5.41) is 12.9. The number of pyridine rings is 1. The van der Waals surface area contributed by atoms with Gasteiger partial charge in [0.15, 0.2) is 17.4 Å². The number of rotatable bonds is 7. The second-order valence-corrected chi connectivity index (χ2v) is 6.48. The minimum Gasteiger partial charge on any atom is -0.480 e. The van der Waals surface area contributed by atoms with E-state index in [-0.39, 0.29) is 29.3 Å². The second-order valence-electron chi connectivity index (χ2n) is 6.48. The van der Waals surface area contributed by atoms with Crippen LogP contribution in [0.25, 0.3) is 5.65 Å². The van der Waals surface area contributed by atoms with Gasteiger partial charge in [0.2, 0.25) is 5.91 Å². The van der Waals surface area contributed by atoms with Crippen molar-refractivity contribution in [3.05, 3.63) is 54.0 Å². The van der Waals surface area contributed by atoms with Crippen molar-refractivity contribution in [1.29, 1.82) is 0 Å². The fourth-order valence-corrected chi connectivity index (χ4v) is 2.71. The smallest absolute Gasteiger partial charge is 0.343 e. The van der Waals surface area contributed by atoms with Crippen LogP contribution < -0.4 is 16.2 Å². The molecule has 0 aliphatic rings. The average molecular weight is 425 g/mol. The van der Waals surface area contributed by atoms with Crippen LogP contribution in [0.2, 0.25) is 0 Å². The Morgan fingerprint density at radius 2 is 1.87 bits per heavy atom. The number of carbonyl (C=O) groups excluding carboxylic acids is 2. The predicted octanol–water partition coefficient (Wildman–Crippen LogP) is -0.0611. The molecule has 5 N–H and O–H groups in total. The normalized spacial score (nSPS) is 10.5. The van der Waals surface area contributed by atoms with Gasteiger partial charge in [-0.1, -0.05) is 0 Å². The lowest BCUT2D eigenvalue weighted by atomic mass is 10.2. The minimum absolute atomic E-state index is 0.0998. The molecule has 2 aromatic heterocycles. The van der Waals surface area contributed by atoms with Gasteiger partial charge in [-0.2, -0.15) is 5.10 Å². The highest BCUT2D eigenvalue weighted by molar-refractivity contribution is 5.92. The Balaban J connectivity index is 1.78. The Bertz CT molecular complexity index is 1170. The first kappa shape index (κ1) is 21.2. The van der Waals surface area contributed by atoms with Gasteiger partial charge in [0.1, 0.15) is 12.9 Å². The first-order chi connectivity index (χ1) is 14.7. The first-order valence-corrected chi connectivity index (χ1v) is 8.94.